The third kappa shape index (κ3) is 3.79. The molecule has 0 spiro atoms. The average molecular weight is 323 g/mol. The van der Waals surface area contributed by atoms with Crippen LogP contribution in [0.25, 0.3) is 0 Å². The third-order valence-electron chi connectivity index (χ3n) is 3.46. The molecule has 0 amide bonds. The van der Waals surface area contributed by atoms with Crippen LogP contribution in [0.1, 0.15) is 12.8 Å². The van der Waals surface area contributed by atoms with Crippen LogP contribution < -0.4 is 0 Å². The smallest absolute Gasteiger partial charge is 0.413 e. The molecule has 0 aromatic heterocycles. The summed E-state index contributed by atoms with van der Waals surface area (Å²) in [5, 5.41) is 8.56. The molecule has 0 aliphatic carbocycles. The van der Waals surface area contributed by atoms with Crippen molar-refractivity contribution in [1.82, 2.24) is 4.90 Å². The molecule has 0 bridgehead atoms. The predicted molar refractivity (Wildman–Crippen MR) is 58.7 cm³/mol. The summed E-state index contributed by atoms with van der Waals surface area (Å²) in [4.78, 5) is 12.4. The third-order valence-corrected chi connectivity index (χ3v) is 3.46. The van der Waals surface area contributed by atoms with Crippen LogP contribution in [-0.2, 0) is 9.53 Å². The SMILES string of the molecule is O=C(O)C(CCCN1CCOCC1)(C(F)(F)F)C(F)(F)F. The lowest BCUT2D eigenvalue weighted by molar-refractivity contribution is -0.333. The molecule has 1 heterocycles. The Kier molecular flexibility index (Phi) is 5.48. The van der Waals surface area contributed by atoms with Crippen LogP contribution in [0.4, 0.5) is 26.3 Å². The summed E-state index contributed by atoms with van der Waals surface area (Å²) in [6.45, 7) is 1.46. The molecule has 1 N–H and O–H groups in total. The molecular weight excluding hydrogens is 308 g/mol. The van der Waals surface area contributed by atoms with Crippen LogP contribution in [-0.4, -0.2) is 61.2 Å². The monoisotopic (exact) mass is 323 g/mol. The van der Waals surface area contributed by atoms with Gasteiger partial charge in [0.15, 0.2) is 0 Å². The van der Waals surface area contributed by atoms with Crippen molar-refractivity contribution in [2.24, 2.45) is 5.41 Å². The van der Waals surface area contributed by atoms with E-state index in [9.17, 15) is 31.1 Å². The number of halogens is 6. The highest BCUT2D eigenvalue weighted by Gasteiger charge is 2.75. The van der Waals surface area contributed by atoms with Gasteiger partial charge in [-0.1, -0.05) is 0 Å². The summed E-state index contributed by atoms with van der Waals surface area (Å²) in [5.41, 5.74) is -4.72. The number of carbonyl (C=O) groups is 1. The number of carboxylic acid groups (broad SMARTS) is 1. The Morgan fingerprint density at radius 1 is 1.05 bits per heavy atom. The van der Waals surface area contributed by atoms with Gasteiger partial charge in [0.05, 0.1) is 13.2 Å². The lowest BCUT2D eigenvalue weighted by atomic mass is 9.81. The molecule has 0 radical (unpaired) electrons. The number of aliphatic carboxylic acids is 1. The molecular formula is C11H15F6NO3. The van der Waals surface area contributed by atoms with Crippen molar-refractivity contribution in [1.29, 1.82) is 0 Å². The predicted octanol–water partition coefficient (Wildman–Crippen LogP) is 2.29. The maximum atomic E-state index is 12.8. The number of morpholine rings is 1. The van der Waals surface area contributed by atoms with Crippen LogP contribution >= 0.6 is 0 Å². The molecule has 10 heteroatoms. The Balaban J connectivity index is 2.80. The molecule has 0 atom stereocenters. The summed E-state index contributed by atoms with van der Waals surface area (Å²) >= 11 is 0. The number of ether oxygens (including phenoxy) is 1. The minimum atomic E-state index is -5.90. The second-order valence-electron chi connectivity index (χ2n) is 4.76. The topological polar surface area (TPSA) is 49.8 Å². The van der Waals surface area contributed by atoms with E-state index in [0.717, 1.165) is 0 Å². The fourth-order valence-corrected chi connectivity index (χ4v) is 2.19. The van der Waals surface area contributed by atoms with Crippen LogP contribution in [0.3, 0.4) is 0 Å². The minimum Gasteiger partial charge on any atom is -0.480 e. The zero-order valence-electron chi connectivity index (χ0n) is 10.9. The van der Waals surface area contributed by atoms with Gasteiger partial charge in [0.1, 0.15) is 0 Å². The molecule has 0 saturated carbocycles. The van der Waals surface area contributed by atoms with Crippen molar-refractivity contribution >= 4 is 5.97 Å². The lowest BCUT2D eigenvalue weighted by Gasteiger charge is -2.34. The first-order chi connectivity index (χ1) is 9.52. The van der Waals surface area contributed by atoms with Gasteiger partial charge < -0.3 is 9.84 Å². The molecule has 1 saturated heterocycles. The second-order valence-corrected chi connectivity index (χ2v) is 4.76. The quantitative estimate of drug-likeness (QED) is 0.789. The largest absolute Gasteiger partial charge is 0.480 e. The van der Waals surface area contributed by atoms with E-state index in [-0.39, 0.29) is 6.54 Å². The van der Waals surface area contributed by atoms with Crippen molar-refractivity contribution in [3.63, 3.8) is 0 Å². The molecule has 124 valence electrons. The van der Waals surface area contributed by atoms with E-state index in [4.69, 9.17) is 9.84 Å². The van der Waals surface area contributed by atoms with Gasteiger partial charge in [-0.2, -0.15) is 26.3 Å². The number of nitrogens with zero attached hydrogens (tertiary/aromatic N) is 1. The van der Waals surface area contributed by atoms with Gasteiger partial charge in [-0.05, 0) is 19.4 Å². The van der Waals surface area contributed by atoms with Crippen molar-refractivity contribution in [3.8, 4) is 0 Å². The first kappa shape index (κ1) is 18.0. The van der Waals surface area contributed by atoms with Gasteiger partial charge >= 0.3 is 18.3 Å². The zero-order valence-corrected chi connectivity index (χ0v) is 10.9. The number of alkyl halides is 6. The zero-order chi connectivity index (χ0) is 16.3. The molecule has 1 aliphatic heterocycles. The van der Waals surface area contributed by atoms with Gasteiger partial charge in [-0.25, -0.2) is 0 Å². The molecule has 0 aromatic carbocycles. The Labute approximate surface area is 116 Å². The molecule has 1 rings (SSSR count). The van der Waals surface area contributed by atoms with Gasteiger partial charge in [0.2, 0.25) is 0 Å². The van der Waals surface area contributed by atoms with Gasteiger partial charge in [-0.15, -0.1) is 0 Å². The normalized spacial score (nSPS) is 18.8. The van der Waals surface area contributed by atoms with E-state index in [1.54, 1.807) is 4.90 Å². The minimum absolute atomic E-state index is 0.0372. The van der Waals surface area contributed by atoms with Crippen molar-refractivity contribution < 1.29 is 41.0 Å². The molecule has 0 aromatic rings. The fraction of sp³-hybridized carbons (Fsp3) is 0.909. The Bertz CT molecular complexity index is 348. The van der Waals surface area contributed by atoms with Crippen molar-refractivity contribution in [2.45, 2.75) is 25.2 Å². The number of rotatable bonds is 5. The Hall–Kier alpha value is -1.03. The van der Waals surface area contributed by atoms with Gasteiger partial charge in [0, 0.05) is 13.1 Å². The maximum absolute atomic E-state index is 12.8. The summed E-state index contributed by atoms with van der Waals surface area (Å²) < 4.78 is 81.5. The molecule has 1 fully saturated rings. The summed E-state index contributed by atoms with van der Waals surface area (Å²) in [6, 6.07) is 0. The Morgan fingerprint density at radius 2 is 1.52 bits per heavy atom. The highest BCUT2D eigenvalue weighted by Crippen LogP contribution is 2.53. The average Bonchev–Trinajstić information content (AvgIpc) is 2.32. The molecule has 4 nitrogen and oxygen atoms in total. The molecule has 1 aliphatic rings. The lowest BCUT2D eigenvalue weighted by Crippen LogP contribution is -2.56. The van der Waals surface area contributed by atoms with Gasteiger partial charge in [0.25, 0.3) is 5.41 Å². The van der Waals surface area contributed by atoms with E-state index in [1.807, 2.05) is 0 Å². The van der Waals surface area contributed by atoms with E-state index in [2.05, 4.69) is 0 Å². The molecule has 21 heavy (non-hydrogen) atoms. The van der Waals surface area contributed by atoms with E-state index >= 15 is 0 Å². The van der Waals surface area contributed by atoms with Crippen LogP contribution in [0.15, 0.2) is 0 Å². The Morgan fingerprint density at radius 3 is 1.90 bits per heavy atom. The molecule has 0 unspecified atom stereocenters. The number of hydrogen-bond donors (Lipinski definition) is 1. The first-order valence-electron chi connectivity index (χ1n) is 6.19. The van der Waals surface area contributed by atoms with E-state index < -0.39 is 36.6 Å². The first-order valence-corrected chi connectivity index (χ1v) is 6.19. The van der Waals surface area contributed by atoms with Crippen molar-refractivity contribution in [2.75, 3.05) is 32.8 Å². The summed E-state index contributed by atoms with van der Waals surface area (Å²) in [6.07, 6.45) is -13.9. The number of hydrogen-bond acceptors (Lipinski definition) is 3. The summed E-state index contributed by atoms with van der Waals surface area (Å²) in [7, 11) is 0. The highest BCUT2D eigenvalue weighted by atomic mass is 19.4. The van der Waals surface area contributed by atoms with Gasteiger partial charge in [-0.3, -0.25) is 9.69 Å². The van der Waals surface area contributed by atoms with Crippen LogP contribution in [0, 0.1) is 5.41 Å². The van der Waals surface area contributed by atoms with Crippen LogP contribution in [0.5, 0.6) is 0 Å². The van der Waals surface area contributed by atoms with Crippen molar-refractivity contribution in [3.05, 3.63) is 0 Å². The number of carboxylic acids is 1. The van der Waals surface area contributed by atoms with E-state index in [0.29, 0.717) is 26.3 Å². The highest BCUT2D eigenvalue weighted by molar-refractivity contribution is 5.76. The standard InChI is InChI=1S/C11H15F6NO3/c12-10(13,14)9(8(19)20,11(15,16)17)2-1-3-18-4-6-21-7-5-18/h1-7H2,(H,19,20). The maximum Gasteiger partial charge on any atom is 0.413 e. The van der Waals surface area contributed by atoms with E-state index in [1.165, 1.54) is 0 Å². The summed E-state index contributed by atoms with van der Waals surface area (Å²) in [5.74, 6) is -2.91. The second kappa shape index (κ2) is 6.39. The fourth-order valence-electron chi connectivity index (χ4n) is 2.19. The van der Waals surface area contributed by atoms with Crippen LogP contribution in [0.2, 0.25) is 0 Å².